The van der Waals surface area contributed by atoms with E-state index in [9.17, 15) is 9.90 Å². The molecule has 0 atom stereocenters. The van der Waals surface area contributed by atoms with Crippen molar-refractivity contribution in [1.82, 2.24) is 4.98 Å². The fourth-order valence-electron chi connectivity index (χ4n) is 3.60. The van der Waals surface area contributed by atoms with E-state index >= 15 is 0 Å². The molecule has 0 radical (unpaired) electrons. The summed E-state index contributed by atoms with van der Waals surface area (Å²) in [5.41, 5.74) is 3.59. The maximum absolute atomic E-state index is 12.0. The molecule has 1 aromatic heterocycles. The number of carboxylic acid groups (broad SMARTS) is 1. The largest absolute Gasteiger partial charge is 0.487 e. The van der Waals surface area contributed by atoms with E-state index in [2.05, 4.69) is 24.6 Å². The SMILES string of the molecule is CC(=C(CC[Si](C)(C)C)C(=O)O)c1cc(C)c(Oc2ccc(OCc3ccccc3Cl)cn2)c(Cl)c1. The van der Waals surface area contributed by atoms with Crippen molar-refractivity contribution in [2.24, 2.45) is 0 Å². The summed E-state index contributed by atoms with van der Waals surface area (Å²) in [7, 11) is -1.38. The first-order chi connectivity index (χ1) is 16.9. The van der Waals surface area contributed by atoms with Crippen LogP contribution < -0.4 is 9.47 Å². The molecule has 190 valence electrons. The highest BCUT2D eigenvalue weighted by molar-refractivity contribution is 6.76. The van der Waals surface area contributed by atoms with E-state index in [1.807, 2.05) is 44.2 Å². The Labute approximate surface area is 223 Å². The van der Waals surface area contributed by atoms with Crippen molar-refractivity contribution in [1.29, 1.82) is 0 Å². The number of hydrogen-bond acceptors (Lipinski definition) is 4. The van der Waals surface area contributed by atoms with E-state index in [0.717, 1.165) is 28.3 Å². The molecule has 3 rings (SSSR count). The van der Waals surface area contributed by atoms with Gasteiger partial charge in [0.25, 0.3) is 0 Å². The van der Waals surface area contributed by atoms with Crippen molar-refractivity contribution in [3.05, 3.63) is 87.0 Å². The first-order valence-corrected chi connectivity index (χ1v) is 16.1. The van der Waals surface area contributed by atoms with Crippen LogP contribution in [0.5, 0.6) is 17.4 Å². The Morgan fingerprint density at radius 3 is 2.36 bits per heavy atom. The van der Waals surface area contributed by atoms with Crippen LogP contribution >= 0.6 is 23.2 Å². The molecule has 0 aliphatic heterocycles. The van der Waals surface area contributed by atoms with Crippen LogP contribution in [0, 0.1) is 6.92 Å². The first-order valence-electron chi connectivity index (χ1n) is 11.7. The molecular weight excluding hydrogens is 513 g/mol. The molecule has 1 heterocycles. The number of rotatable bonds is 10. The van der Waals surface area contributed by atoms with E-state index < -0.39 is 14.0 Å². The number of nitrogens with zero attached hydrogens (tertiary/aromatic N) is 1. The average Bonchev–Trinajstić information content (AvgIpc) is 2.80. The lowest BCUT2D eigenvalue weighted by Gasteiger charge is -2.18. The van der Waals surface area contributed by atoms with Crippen LogP contribution in [-0.2, 0) is 11.4 Å². The maximum atomic E-state index is 12.0. The lowest BCUT2D eigenvalue weighted by atomic mass is 9.98. The topological polar surface area (TPSA) is 68.7 Å². The van der Waals surface area contributed by atoms with E-state index in [4.69, 9.17) is 32.7 Å². The van der Waals surface area contributed by atoms with E-state index in [0.29, 0.717) is 46.0 Å². The second kappa shape index (κ2) is 12.0. The Bertz CT molecular complexity index is 1240. The number of pyridine rings is 1. The summed E-state index contributed by atoms with van der Waals surface area (Å²) in [6.07, 6.45) is 2.12. The third kappa shape index (κ3) is 7.60. The number of aryl methyl sites for hydroxylation is 1. The summed E-state index contributed by atoms with van der Waals surface area (Å²) in [5.74, 6) is 0.539. The fourth-order valence-corrected chi connectivity index (χ4v) is 5.09. The minimum Gasteiger partial charge on any atom is -0.487 e. The molecule has 0 bridgehead atoms. The van der Waals surface area contributed by atoms with Crippen LogP contribution in [0.1, 0.15) is 30.0 Å². The number of benzene rings is 2. The van der Waals surface area contributed by atoms with E-state index in [1.54, 1.807) is 24.4 Å². The summed E-state index contributed by atoms with van der Waals surface area (Å²) in [6.45, 7) is 10.8. The molecule has 0 aliphatic carbocycles. The zero-order valence-corrected chi connectivity index (χ0v) is 23.7. The van der Waals surface area contributed by atoms with Gasteiger partial charge in [-0.1, -0.05) is 67.1 Å². The lowest BCUT2D eigenvalue weighted by Crippen LogP contribution is -2.20. The van der Waals surface area contributed by atoms with Crippen LogP contribution in [-0.4, -0.2) is 24.1 Å². The van der Waals surface area contributed by atoms with Gasteiger partial charge in [-0.25, -0.2) is 9.78 Å². The van der Waals surface area contributed by atoms with Gasteiger partial charge in [0.2, 0.25) is 5.88 Å². The van der Waals surface area contributed by atoms with Gasteiger partial charge in [-0.05, 0) is 61.2 Å². The lowest BCUT2D eigenvalue weighted by molar-refractivity contribution is -0.132. The molecule has 0 saturated heterocycles. The summed E-state index contributed by atoms with van der Waals surface area (Å²) in [5, 5.41) is 10.8. The minimum absolute atomic E-state index is 0.330. The summed E-state index contributed by atoms with van der Waals surface area (Å²) in [4.78, 5) is 16.3. The van der Waals surface area contributed by atoms with Crippen molar-refractivity contribution < 1.29 is 19.4 Å². The minimum atomic E-state index is -1.38. The van der Waals surface area contributed by atoms with E-state index in [-0.39, 0.29) is 0 Å². The van der Waals surface area contributed by atoms with Crippen molar-refractivity contribution >= 4 is 42.8 Å². The zero-order chi connectivity index (χ0) is 26.5. The molecule has 0 spiro atoms. The molecule has 0 amide bonds. The second-order valence-corrected chi connectivity index (χ2v) is 16.3. The van der Waals surface area contributed by atoms with Gasteiger partial charge in [-0.2, -0.15) is 0 Å². The molecule has 2 aromatic carbocycles. The number of ether oxygens (including phenoxy) is 2. The van der Waals surface area contributed by atoms with Gasteiger partial charge in [0.05, 0.1) is 11.2 Å². The predicted molar refractivity (Wildman–Crippen MR) is 149 cm³/mol. The first kappa shape index (κ1) is 27.8. The molecule has 36 heavy (non-hydrogen) atoms. The van der Waals surface area contributed by atoms with Crippen LogP contribution in [0.2, 0.25) is 35.7 Å². The number of aromatic nitrogens is 1. The number of hydrogen-bond donors (Lipinski definition) is 1. The average molecular weight is 545 g/mol. The Kier molecular flexibility index (Phi) is 9.22. The molecule has 0 fully saturated rings. The van der Waals surface area contributed by atoms with Crippen molar-refractivity contribution in [3.8, 4) is 17.4 Å². The normalized spacial score (nSPS) is 12.2. The van der Waals surface area contributed by atoms with Crippen molar-refractivity contribution in [2.75, 3.05) is 0 Å². The van der Waals surface area contributed by atoms with Crippen molar-refractivity contribution in [3.63, 3.8) is 0 Å². The predicted octanol–water partition coefficient (Wildman–Crippen LogP) is 8.65. The number of halogens is 2. The quantitative estimate of drug-likeness (QED) is 0.204. The van der Waals surface area contributed by atoms with Gasteiger partial charge < -0.3 is 14.6 Å². The highest BCUT2D eigenvalue weighted by Gasteiger charge is 2.20. The number of carbonyl (C=O) groups is 1. The Balaban J connectivity index is 1.75. The smallest absolute Gasteiger partial charge is 0.331 e. The van der Waals surface area contributed by atoms with Gasteiger partial charge in [0.1, 0.15) is 12.4 Å². The second-order valence-electron chi connectivity index (χ2n) is 9.89. The van der Waals surface area contributed by atoms with Gasteiger partial charge in [0.15, 0.2) is 5.75 Å². The van der Waals surface area contributed by atoms with E-state index in [1.165, 1.54) is 0 Å². The maximum Gasteiger partial charge on any atom is 0.331 e. The Morgan fingerprint density at radius 1 is 1.06 bits per heavy atom. The molecule has 3 aromatic rings. The van der Waals surface area contributed by atoms with Crippen LogP contribution in [0.3, 0.4) is 0 Å². The Morgan fingerprint density at radius 2 is 1.78 bits per heavy atom. The highest BCUT2D eigenvalue weighted by Crippen LogP contribution is 2.36. The molecule has 0 aliphatic rings. The monoisotopic (exact) mass is 543 g/mol. The van der Waals surface area contributed by atoms with Crippen molar-refractivity contribution in [2.45, 2.75) is 52.6 Å². The van der Waals surface area contributed by atoms with Gasteiger partial charge in [-0.3, -0.25) is 0 Å². The number of aliphatic carboxylic acids is 1. The third-order valence-electron chi connectivity index (χ3n) is 5.77. The summed E-state index contributed by atoms with van der Waals surface area (Å²) in [6, 6.07) is 15.5. The number of carboxylic acids is 1. The van der Waals surface area contributed by atoms with Gasteiger partial charge in [-0.15, -0.1) is 0 Å². The fraction of sp³-hybridized carbons (Fsp3) is 0.286. The summed E-state index contributed by atoms with van der Waals surface area (Å²) >= 11 is 12.7. The molecule has 1 N–H and O–H groups in total. The molecule has 5 nitrogen and oxygen atoms in total. The molecular formula is C28H31Cl2NO4Si. The third-order valence-corrected chi connectivity index (χ3v) is 8.17. The molecule has 0 unspecified atom stereocenters. The molecule has 8 heteroatoms. The number of allylic oxidation sites excluding steroid dienone is 1. The van der Waals surface area contributed by atoms with Crippen LogP contribution in [0.4, 0.5) is 0 Å². The van der Waals surface area contributed by atoms with Gasteiger partial charge >= 0.3 is 5.97 Å². The molecule has 0 saturated carbocycles. The zero-order valence-electron chi connectivity index (χ0n) is 21.2. The standard InChI is InChI=1S/C28H31Cl2NO4Si/c1-18-14-21(19(2)23(28(32)33)12-13-36(3,4)5)15-25(30)27(18)35-26-11-10-22(16-31-26)34-17-20-8-6-7-9-24(20)29/h6-11,14-16H,12-13,17H2,1-5H3,(H,32,33). The van der Waals surface area contributed by atoms with Crippen LogP contribution in [0.25, 0.3) is 5.57 Å². The highest BCUT2D eigenvalue weighted by atomic mass is 35.5. The summed E-state index contributed by atoms with van der Waals surface area (Å²) < 4.78 is 11.7. The Hall–Kier alpha value is -2.80. The van der Waals surface area contributed by atoms with Gasteiger partial charge in [0, 0.05) is 30.3 Å². The van der Waals surface area contributed by atoms with Crippen LogP contribution in [0.15, 0.2) is 60.3 Å².